The van der Waals surface area contributed by atoms with Crippen LogP contribution in [0.3, 0.4) is 0 Å². The Morgan fingerprint density at radius 1 is 1.17 bits per heavy atom. The third-order valence-corrected chi connectivity index (χ3v) is 5.28. The van der Waals surface area contributed by atoms with Crippen LogP contribution in [0.4, 0.5) is 18.9 Å². The van der Waals surface area contributed by atoms with Gasteiger partial charge in [-0.15, -0.1) is 0 Å². The largest absolute Gasteiger partial charge is 0.418 e. The van der Waals surface area contributed by atoms with Crippen molar-refractivity contribution in [1.29, 1.82) is 0 Å². The molecule has 1 aromatic carbocycles. The second kappa shape index (κ2) is 8.26. The topological polar surface area (TPSA) is 76.0 Å². The average Bonchev–Trinajstić information content (AvgIpc) is 3.18. The summed E-state index contributed by atoms with van der Waals surface area (Å²) in [6, 6.07) is 4.82. The van der Waals surface area contributed by atoms with Crippen molar-refractivity contribution in [2.24, 2.45) is 11.8 Å². The molecule has 1 heterocycles. The predicted octanol–water partition coefficient (Wildman–Crippen LogP) is 3.77. The first kappa shape index (κ1) is 20.9. The van der Waals surface area contributed by atoms with E-state index in [2.05, 4.69) is 22.7 Å². The number of hydrogen-bond donors (Lipinski definition) is 2. The third-order valence-electron chi connectivity index (χ3n) is 5.28. The van der Waals surface area contributed by atoms with Crippen molar-refractivity contribution in [3.05, 3.63) is 42.2 Å². The lowest BCUT2D eigenvalue weighted by molar-refractivity contribution is -0.138. The van der Waals surface area contributed by atoms with E-state index in [9.17, 15) is 22.8 Å². The molecule has 2 N–H and O–H groups in total. The van der Waals surface area contributed by atoms with Crippen LogP contribution in [0, 0.1) is 11.8 Å². The van der Waals surface area contributed by atoms with Crippen molar-refractivity contribution in [1.82, 2.24) is 15.1 Å². The maximum Gasteiger partial charge on any atom is 0.418 e. The number of nitrogens with zero attached hydrogens (tertiary/aromatic N) is 2. The lowest BCUT2D eigenvalue weighted by Crippen LogP contribution is -2.46. The zero-order valence-electron chi connectivity index (χ0n) is 16.2. The second-order valence-electron chi connectivity index (χ2n) is 7.61. The van der Waals surface area contributed by atoms with Gasteiger partial charge in [0.05, 0.1) is 16.9 Å². The number of halogens is 3. The summed E-state index contributed by atoms with van der Waals surface area (Å²) >= 11 is 0. The maximum absolute atomic E-state index is 13.5. The van der Waals surface area contributed by atoms with Crippen LogP contribution in [0.15, 0.2) is 36.7 Å². The molecule has 3 unspecified atom stereocenters. The van der Waals surface area contributed by atoms with E-state index in [1.165, 1.54) is 23.1 Å². The van der Waals surface area contributed by atoms with Gasteiger partial charge in [-0.25, -0.2) is 4.68 Å². The van der Waals surface area contributed by atoms with Gasteiger partial charge in [0, 0.05) is 18.4 Å². The van der Waals surface area contributed by atoms with Gasteiger partial charge in [0.25, 0.3) is 0 Å². The highest BCUT2D eigenvalue weighted by Gasteiger charge is 2.35. The second-order valence-corrected chi connectivity index (χ2v) is 7.61. The van der Waals surface area contributed by atoms with Gasteiger partial charge in [-0.2, -0.15) is 18.3 Å². The Bertz CT molecular complexity index is 880. The molecule has 1 aliphatic rings. The summed E-state index contributed by atoms with van der Waals surface area (Å²) in [5.74, 6) is -1.29. The lowest BCUT2D eigenvalue weighted by atomic mass is 9.80. The Balaban J connectivity index is 1.74. The number of rotatable bonds is 3. The van der Waals surface area contributed by atoms with Gasteiger partial charge in [-0.1, -0.05) is 13.8 Å². The first-order valence-corrected chi connectivity index (χ1v) is 9.48. The van der Waals surface area contributed by atoms with Crippen molar-refractivity contribution in [3.8, 4) is 5.69 Å². The molecule has 2 aromatic rings. The molecule has 1 aliphatic carbocycles. The highest BCUT2D eigenvalue weighted by Crippen LogP contribution is 2.36. The van der Waals surface area contributed by atoms with E-state index < -0.39 is 29.2 Å². The Hall–Kier alpha value is -2.84. The first-order valence-electron chi connectivity index (χ1n) is 9.48. The summed E-state index contributed by atoms with van der Waals surface area (Å²) in [5.41, 5.74) is -1.33. The highest BCUT2D eigenvalue weighted by molar-refractivity contribution is 6.39. The van der Waals surface area contributed by atoms with Gasteiger partial charge in [-0.05, 0) is 55.4 Å². The van der Waals surface area contributed by atoms with Gasteiger partial charge in [-0.3, -0.25) is 9.59 Å². The van der Waals surface area contributed by atoms with Crippen LogP contribution in [-0.4, -0.2) is 27.6 Å². The molecule has 3 rings (SSSR count). The number of benzene rings is 1. The lowest BCUT2D eigenvalue weighted by Gasteiger charge is -2.32. The van der Waals surface area contributed by atoms with Gasteiger partial charge in [0.2, 0.25) is 0 Å². The summed E-state index contributed by atoms with van der Waals surface area (Å²) in [5, 5.41) is 8.66. The molecule has 0 spiro atoms. The first-order chi connectivity index (χ1) is 13.6. The number of aromatic nitrogens is 2. The van der Waals surface area contributed by atoms with Gasteiger partial charge >= 0.3 is 18.0 Å². The minimum Gasteiger partial charge on any atom is -0.345 e. The summed E-state index contributed by atoms with van der Waals surface area (Å²) in [4.78, 5) is 24.5. The zero-order chi connectivity index (χ0) is 21.2. The number of alkyl halides is 3. The van der Waals surface area contributed by atoms with Crippen molar-refractivity contribution in [3.63, 3.8) is 0 Å². The quantitative estimate of drug-likeness (QED) is 0.759. The molecule has 6 nitrogen and oxygen atoms in total. The molecular weight excluding hydrogens is 385 g/mol. The summed E-state index contributed by atoms with van der Waals surface area (Å²) in [6.07, 6.45) is 0.849. The predicted molar refractivity (Wildman–Crippen MR) is 101 cm³/mol. The van der Waals surface area contributed by atoms with Gasteiger partial charge in [0.1, 0.15) is 0 Å². The average molecular weight is 408 g/mol. The number of carbonyl (C=O) groups is 2. The Morgan fingerprint density at radius 2 is 1.93 bits per heavy atom. The van der Waals surface area contributed by atoms with Crippen LogP contribution in [0.2, 0.25) is 0 Å². The minimum absolute atomic E-state index is 0.159. The molecular formula is C20H23F3N4O2. The van der Waals surface area contributed by atoms with Gasteiger partial charge < -0.3 is 10.6 Å². The molecule has 2 amide bonds. The van der Waals surface area contributed by atoms with Crippen LogP contribution in [0.25, 0.3) is 5.69 Å². The normalized spacial score (nSPS) is 22.2. The fourth-order valence-corrected chi connectivity index (χ4v) is 3.73. The Kier molecular flexibility index (Phi) is 5.95. The number of anilines is 1. The van der Waals surface area contributed by atoms with Crippen LogP contribution in [0.1, 0.15) is 38.7 Å². The van der Waals surface area contributed by atoms with E-state index in [0.717, 1.165) is 31.4 Å². The van der Waals surface area contributed by atoms with E-state index in [1.54, 1.807) is 6.07 Å². The standard InChI is InChI=1S/C20H23F3N4O2/c1-12-4-6-16(13(2)10-12)25-18(28)19(29)26-17-7-5-14(27-9-3-8-24-27)11-15(17)20(21,22)23/h3,5,7-9,11-13,16H,4,6,10H2,1-2H3,(H,25,28)(H,26,29). The molecule has 1 fully saturated rings. The SMILES string of the molecule is CC1CCC(NC(=O)C(=O)Nc2ccc(-n3cccn3)cc2C(F)(F)F)C(C)C1. The molecule has 3 atom stereocenters. The zero-order valence-corrected chi connectivity index (χ0v) is 16.2. The smallest absolute Gasteiger partial charge is 0.345 e. The minimum atomic E-state index is -4.71. The van der Waals surface area contributed by atoms with Crippen molar-refractivity contribution >= 4 is 17.5 Å². The molecule has 9 heteroatoms. The Labute approximate surface area is 166 Å². The summed E-state index contributed by atoms with van der Waals surface area (Å²) in [6.45, 7) is 4.13. The number of carbonyl (C=O) groups excluding carboxylic acids is 2. The summed E-state index contributed by atoms with van der Waals surface area (Å²) < 4.78 is 41.8. The molecule has 29 heavy (non-hydrogen) atoms. The third kappa shape index (κ3) is 4.96. The monoisotopic (exact) mass is 408 g/mol. The highest BCUT2D eigenvalue weighted by atomic mass is 19.4. The van der Waals surface area contributed by atoms with Crippen molar-refractivity contribution in [2.45, 2.75) is 45.3 Å². The molecule has 0 bridgehead atoms. The molecule has 0 aliphatic heterocycles. The van der Waals surface area contributed by atoms with E-state index in [0.29, 0.717) is 5.92 Å². The fourth-order valence-electron chi connectivity index (χ4n) is 3.73. The van der Waals surface area contributed by atoms with E-state index in [1.807, 2.05) is 6.92 Å². The molecule has 0 radical (unpaired) electrons. The summed E-state index contributed by atoms with van der Waals surface area (Å²) in [7, 11) is 0. The molecule has 1 saturated carbocycles. The van der Waals surface area contributed by atoms with Crippen LogP contribution in [-0.2, 0) is 15.8 Å². The van der Waals surface area contributed by atoms with E-state index in [-0.39, 0.29) is 17.6 Å². The van der Waals surface area contributed by atoms with Crippen LogP contribution in [0.5, 0.6) is 0 Å². The number of hydrogen-bond acceptors (Lipinski definition) is 3. The molecule has 1 aromatic heterocycles. The fraction of sp³-hybridized carbons (Fsp3) is 0.450. The van der Waals surface area contributed by atoms with Crippen molar-refractivity contribution < 1.29 is 22.8 Å². The molecule has 0 saturated heterocycles. The van der Waals surface area contributed by atoms with E-state index in [4.69, 9.17) is 0 Å². The van der Waals surface area contributed by atoms with Crippen LogP contribution >= 0.6 is 0 Å². The van der Waals surface area contributed by atoms with E-state index >= 15 is 0 Å². The number of nitrogens with one attached hydrogen (secondary N) is 2. The van der Waals surface area contributed by atoms with Gasteiger partial charge in [0.15, 0.2) is 0 Å². The molecule has 156 valence electrons. The number of amides is 2. The maximum atomic E-state index is 13.5. The van der Waals surface area contributed by atoms with Crippen molar-refractivity contribution in [2.75, 3.05) is 5.32 Å². The van der Waals surface area contributed by atoms with Crippen LogP contribution < -0.4 is 10.6 Å². The Morgan fingerprint density at radius 3 is 2.55 bits per heavy atom.